The van der Waals surface area contributed by atoms with E-state index in [1.165, 1.54) is 6.39 Å². The maximum atomic E-state index is 13.2. The molecule has 1 saturated heterocycles. The molecule has 4 aromatic rings. The Morgan fingerprint density at radius 1 is 0.903 bits per heavy atom. The van der Waals surface area contributed by atoms with Gasteiger partial charge in [0, 0.05) is 37.0 Å². The number of fused-ring (bicyclic) bond motifs is 1. The van der Waals surface area contributed by atoms with Gasteiger partial charge in [-0.15, -0.1) is 5.10 Å². The van der Waals surface area contributed by atoms with Crippen LogP contribution in [-0.2, 0) is 46.2 Å². The normalized spacial score (nSPS) is 14.9. The number of halogens is 1. The lowest BCUT2D eigenvalue weighted by Crippen LogP contribution is -2.54. The average Bonchev–Trinajstić information content (AvgIpc) is 4.01. The maximum Gasteiger partial charge on any atom is 0.273 e. The van der Waals surface area contributed by atoms with Crippen LogP contribution in [0, 0.1) is 3.57 Å². The van der Waals surface area contributed by atoms with Crippen molar-refractivity contribution in [2.45, 2.75) is 38.3 Å². The molecule has 5 amide bonds. The summed E-state index contributed by atoms with van der Waals surface area (Å²) in [6.45, 7) is 5.38. The Bertz CT molecular complexity index is 2160. The molecule has 0 bridgehead atoms. The summed E-state index contributed by atoms with van der Waals surface area (Å²) in [7, 11) is 1.60. The summed E-state index contributed by atoms with van der Waals surface area (Å²) in [5, 5.41) is 16.6. The van der Waals surface area contributed by atoms with Crippen LogP contribution in [0.25, 0.3) is 11.3 Å². The van der Waals surface area contributed by atoms with Crippen LogP contribution in [-0.4, -0.2) is 147 Å². The highest BCUT2D eigenvalue weighted by Crippen LogP contribution is 2.33. The van der Waals surface area contributed by atoms with Crippen molar-refractivity contribution in [3.8, 4) is 17.1 Å². The Kier molecular flexibility index (Phi) is 17.7. The minimum Gasteiger partial charge on any atom is -0.496 e. The number of carbonyl (C=O) groups excluding carboxylic acids is 5. The third kappa shape index (κ3) is 12.6. The van der Waals surface area contributed by atoms with Gasteiger partial charge in [0.25, 0.3) is 17.7 Å². The number of benzene rings is 2. The van der Waals surface area contributed by atoms with Gasteiger partial charge < -0.3 is 43.5 Å². The number of nitrogens with one attached hydrogen (secondary N) is 3. The van der Waals surface area contributed by atoms with Crippen molar-refractivity contribution >= 4 is 57.8 Å². The van der Waals surface area contributed by atoms with E-state index in [2.05, 4.69) is 53.8 Å². The van der Waals surface area contributed by atoms with E-state index >= 15 is 0 Å². The number of piperidine rings is 1. The largest absolute Gasteiger partial charge is 0.496 e. The Morgan fingerprint density at radius 3 is 2.31 bits per heavy atom. The molecule has 6 rings (SSSR count). The number of carbonyl (C=O) groups is 5. The summed E-state index contributed by atoms with van der Waals surface area (Å²) in [4.78, 5) is 67.9. The van der Waals surface area contributed by atoms with Gasteiger partial charge in [0.2, 0.25) is 11.8 Å². The van der Waals surface area contributed by atoms with Gasteiger partial charge in [0.15, 0.2) is 17.8 Å². The zero-order valence-corrected chi connectivity index (χ0v) is 36.4. The van der Waals surface area contributed by atoms with Gasteiger partial charge in [-0.25, -0.2) is 9.67 Å². The van der Waals surface area contributed by atoms with Crippen molar-refractivity contribution in [2.24, 2.45) is 0 Å². The minimum absolute atomic E-state index is 0.0592. The van der Waals surface area contributed by atoms with Crippen molar-refractivity contribution in [1.82, 2.24) is 35.5 Å². The summed E-state index contributed by atoms with van der Waals surface area (Å²) in [5.41, 5.74) is 2.66. The number of aromatic nitrogens is 4. The summed E-state index contributed by atoms with van der Waals surface area (Å²) in [5.74, 6) is -1.37. The molecule has 332 valence electrons. The molecule has 2 aromatic heterocycles. The molecule has 3 N–H and O–H groups in total. The molecule has 0 saturated carbocycles. The number of hydrogen-bond donors (Lipinski definition) is 3. The van der Waals surface area contributed by atoms with Crippen LogP contribution in [0.2, 0.25) is 0 Å². The standard InChI is InChI=1S/C41H49IN8O12/c1-56-33-9-7-27(24-30(33)42)37-36(45-26-62-37)39(53)44-11-3-4-28-25-49(48-47-28)13-15-58-17-19-60-21-23-61-22-20-59-18-16-57-14-12-43-31-6-2-5-29-35(31)41(55)50(40(29)54)32-8-10-34(51)46-38(32)52/h2,5-7,9,24-26,32,43H,3-4,8,10-23H2,1H3,(H,44,53)(H,46,51,52). The highest BCUT2D eigenvalue weighted by Gasteiger charge is 2.45. The van der Waals surface area contributed by atoms with Crippen molar-refractivity contribution in [2.75, 3.05) is 91.6 Å². The number of hydrogen-bond acceptors (Lipinski definition) is 16. The van der Waals surface area contributed by atoms with Gasteiger partial charge in [-0.2, -0.15) is 0 Å². The number of ether oxygens (including phenoxy) is 6. The van der Waals surface area contributed by atoms with Crippen LogP contribution in [0.3, 0.4) is 0 Å². The molecule has 0 radical (unpaired) electrons. The summed E-state index contributed by atoms with van der Waals surface area (Å²) in [6.07, 6.45) is 4.60. The molecule has 4 heterocycles. The molecule has 20 nitrogen and oxygen atoms in total. The van der Waals surface area contributed by atoms with E-state index in [1.54, 1.807) is 30.0 Å². The molecule has 0 spiro atoms. The van der Waals surface area contributed by atoms with Crippen LogP contribution >= 0.6 is 22.6 Å². The Morgan fingerprint density at radius 2 is 1.61 bits per heavy atom. The van der Waals surface area contributed by atoms with E-state index in [-0.39, 0.29) is 35.6 Å². The first-order valence-corrected chi connectivity index (χ1v) is 21.2. The van der Waals surface area contributed by atoms with Gasteiger partial charge in [0.1, 0.15) is 11.8 Å². The van der Waals surface area contributed by atoms with Gasteiger partial charge in [-0.3, -0.25) is 34.2 Å². The number of imide groups is 2. The molecule has 2 aromatic carbocycles. The number of nitrogens with zero attached hydrogens (tertiary/aromatic N) is 5. The van der Waals surface area contributed by atoms with Gasteiger partial charge in [-0.05, 0) is 72.2 Å². The van der Waals surface area contributed by atoms with Gasteiger partial charge in [-0.1, -0.05) is 11.3 Å². The lowest BCUT2D eigenvalue weighted by Gasteiger charge is -2.27. The predicted molar refractivity (Wildman–Crippen MR) is 228 cm³/mol. The van der Waals surface area contributed by atoms with Crippen molar-refractivity contribution in [3.63, 3.8) is 0 Å². The van der Waals surface area contributed by atoms with E-state index in [1.807, 2.05) is 24.4 Å². The van der Waals surface area contributed by atoms with Crippen LogP contribution in [0.1, 0.15) is 56.2 Å². The number of anilines is 1. The third-order valence-corrected chi connectivity index (χ3v) is 10.5. The van der Waals surface area contributed by atoms with Crippen LogP contribution < -0.4 is 20.7 Å². The second kappa shape index (κ2) is 23.8. The predicted octanol–water partition coefficient (Wildman–Crippen LogP) is 2.51. The molecule has 1 atom stereocenters. The highest BCUT2D eigenvalue weighted by atomic mass is 127. The molecule has 2 aliphatic heterocycles. The Balaban J connectivity index is 0.717. The van der Waals surface area contributed by atoms with Gasteiger partial charge in [0.05, 0.1) is 100 Å². The minimum atomic E-state index is -1.02. The van der Waals surface area contributed by atoms with Crippen LogP contribution in [0.5, 0.6) is 5.75 Å². The highest BCUT2D eigenvalue weighted by molar-refractivity contribution is 14.1. The quantitative estimate of drug-likeness (QED) is 0.0442. The second-order valence-electron chi connectivity index (χ2n) is 13.9. The first kappa shape index (κ1) is 46.2. The number of amides is 5. The topological polar surface area (TPSA) is 237 Å². The van der Waals surface area contributed by atoms with Crippen LogP contribution in [0.4, 0.5) is 5.69 Å². The van der Waals surface area contributed by atoms with E-state index in [9.17, 15) is 24.0 Å². The summed E-state index contributed by atoms with van der Waals surface area (Å²) < 4.78 is 41.3. The lowest BCUT2D eigenvalue weighted by molar-refractivity contribution is -0.136. The number of methoxy groups -OCH3 is 1. The fourth-order valence-corrected chi connectivity index (χ4v) is 7.33. The van der Waals surface area contributed by atoms with Crippen LogP contribution in [0.15, 0.2) is 53.4 Å². The van der Waals surface area contributed by atoms with E-state index < -0.39 is 29.7 Å². The lowest BCUT2D eigenvalue weighted by atomic mass is 10.0. The Labute approximate surface area is 370 Å². The van der Waals surface area contributed by atoms with E-state index in [0.29, 0.717) is 110 Å². The van der Waals surface area contributed by atoms with Crippen molar-refractivity contribution in [1.29, 1.82) is 0 Å². The SMILES string of the molecule is COc1ccc(-c2ocnc2C(=O)NCCCc2cn(CCOCCOCCOCCOCCOCCNc3cccc4c3C(=O)N(C3CCC(=O)NC3=O)C4=O)nn2)cc1I. The first-order chi connectivity index (χ1) is 30.2. The fraction of sp³-hybridized carbons (Fsp3) is 0.463. The number of rotatable bonds is 27. The molecule has 62 heavy (non-hydrogen) atoms. The first-order valence-electron chi connectivity index (χ1n) is 20.2. The van der Waals surface area contributed by atoms with E-state index in [4.69, 9.17) is 32.8 Å². The molecular formula is C41H49IN8O12. The number of aryl methyl sites for hydroxylation is 1. The summed E-state index contributed by atoms with van der Waals surface area (Å²) in [6, 6.07) is 9.41. The monoisotopic (exact) mass is 972 g/mol. The zero-order chi connectivity index (χ0) is 43.7. The maximum absolute atomic E-state index is 13.2. The molecule has 2 aliphatic rings. The van der Waals surface area contributed by atoms with Crippen molar-refractivity contribution < 1.29 is 56.8 Å². The molecule has 0 aliphatic carbocycles. The smallest absolute Gasteiger partial charge is 0.273 e. The number of oxazole rings is 1. The fourth-order valence-electron chi connectivity index (χ4n) is 6.60. The molecule has 1 fully saturated rings. The van der Waals surface area contributed by atoms with Crippen molar-refractivity contribution in [3.05, 3.63) is 75.1 Å². The summed E-state index contributed by atoms with van der Waals surface area (Å²) >= 11 is 2.17. The molecule has 21 heteroatoms. The van der Waals surface area contributed by atoms with Gasteiger partial charge >= 0.3 is 0 Å². The Hall–Kier alpha value is -5.33. The second-order valence-corrected chi connectivity index (χ2v) is 15.0. The third-order valence-electron chi connectivity index (χ3n) is 9.66. The zero-order valence-electron chi connectivity index (χ0n) is 34.2. The average molecular weight is 973 g/mol. The van der Waals surface area contributed by atoms with E-state index in [0.717, 1.165) is 25.5 Å². The molecular weight excluding hydrogens is 923 g/mol. The molecule has 1 unspecified atom stereocenters.